The number of halogens is 3. The van der Waals surface area contributed by atoms with Gasteiger partial charge in [-0.1, -0.05) is 24.3 Å². The summed E-state index contributed by atoms with van der Waals surface area (Å²) in [6, 6.07) is 1.39. The van der Waals surface area contributed by atoms with Gasteiger partial charge in [0.1, 0.15) is 5.75 Å². The molecule has 0 bridgehead atoms. The van der Waals surface area contributed by atoms with Gasteiger partial charge in [0.05, 0.1) is 16.7 Å². The van der Waals surface area contributed by atoms with Gasteiger partial charge in [-0.2, -0.15) is 13.2 Å². The minimum absolute atomic E-state index is 0.0917. The van der Waals surface area contributed by atoms with Gasteiger partial charge in [0, 0.05) is 22.6 Å². The molecule has 22 heavy (non-hydrogen) atoms. The third-order valence-corrected chi connectivity index (χ3v) is 4.79. The Labute approximate surface area is 129 Å². The Balaban J connectivity index is 2.06. The Morgan fingerprint density at radius 2 is 2.18 bits per heavy atom. The predicted molar refractivity (Wildman–Crippen MR) is 79.1 cm³/mol. The Kier molecular flexibility index (Phi) is 5.39. The number of rotatable bonds is 5. The number of hydrogen-bond donors (Lipinski definition) is 0. The fourth-order valence-corrected chi connectivity index (χ4v) is 3.38. The average Bonchev–Trinajstić information content (AvgIpc) is 2.48. The molecule has 0 radical (unpaired) electrons. The van der Waals surface area contributed by atoms with Crippen LogP contribution in [0.25, 0.3) is 0 Å². The standard InChI is InChI=1S/C15H16F3NO2S/c1-11-13(9-22(20)12-5-3-2-4-6-12)19-8-7-14(11)21-10-15(16,17)18/h2-5,7-8,12H,6,9-10H2,1H3. The largest absolute Gasteiger partial charge is 0.484 e. The molecular weight excluding hydrogens is 315 g/mol. The van der Waals surface area contributed by atoms with E-state index in [0.29, 0.717) is 17.7 Å². The number of aromatic nitrogens is 1. The van der Waals surface area contributed by atoms with Gasteiger partial charge in [-0.05, 0) is 19.4 Å². The van der Waals surface area contributed by atoms with E-state index in [0.717, 1.165) is 0 Å². The van der Waals surface area contributed by atoms with E-state index in [9.17, 15) is 17.4 Å². The normalized spacial score (nSPS) is 19.2. The summed E-state index contributed by atoms with van der Waals surface area (Å²) in [6.07, 6.45) is 5.21. The molecule has 7 heteroatoms. The molecule has 0 saturated carbocycles. The highest BCUT2D eigenvalue weighted by Crippen LogP contribution is 2.24. The van der Waals surface area contributed by atoms with Crippen LogP contribution in [0.4, 0.5) is 13.2 Å². The quantitative estimate of drug-likeness (QED) is 0.829. The van der Waals surface area contributed by atoms with Crippen LogP contribution in [0, 0.1) is 6.92 Å². The summed E-state index contributed by atoms with van der Waals surface area (Å²) in [5.74, 6) is 0.316. The Morgan fingerprint density at radius 1 is 1.41 bits per heavy atom. The molecule has 0 spiro atoms. The van der Waals surface area contributed by atoms with E-state index in [2.05, 4.69) is 4.98 Å². The number of ether oxygens (including phenoxy) is 1. The number of allylic oxidation sites excluding steroid dienone is 3. The van der Waals surface area contributed by atoms with Crippen molar-refractivity contribution >= 4 is 10.8 Å². The smallest absolute Gasteiger partial charge is 0.422 e. The summed E-state index contributed by atoms with van der Waals surface area (Å²) < 4.78 is 53.8. The van der Waals surface area contributed by atoms with E-state index in [4.69, 9.17) is 4.74 Å². The van der Waals surface area contributed by atoms with Gasteiger partial charge in [-0.15, -0.1) is 0 Å². The topological polar surface area (TPSA) is 39.2 Å². The minimum atomic E-state index is -4.39. The van der Waals surface area contributed by atoms with E-state index in [1.165, 1.54) is 12.3 Å². The zero-order chi connectivity index (χ0) is 16.2. The first-order valence-electron chi connectivity index (χ1n) is 6.71. The van der Waals surface area contributed by atoms with E-state index in [1.807, 2.05) is 24.3 Å². The first-order valence-corrected chi connectivity index (χ1v) is 8.09. The van der Waals surface area contributed by atoms with Crippen molar-refractivity contribution in [2.75, 3.05) is 6.61 Å². The zero-order valence-electron chi connectivity index (χ0n) is 12.0. The molecule has 1 aromatic rings. The Hall–Kier alpha value is -1.63. The Bertz CT molecular complexity index is 611. The lowest BCUT2D eigenvalue weighted by Crippen LogP contribution is -2.20. The van der Waals surface area contributed by atoms with E-state index in [1.54, 1.807) is 6.92 Å². The maximum Gasteiger partial charge on any atom is 0.422 e. The summed E-state index contributed by atoms with van der Waals surface area (Å²) in [5.41, 5.74) is 0.997. The minimum Gasteiger partial charge on any atom is -0.484 e. The maximum atomic E-state index is 12.3. The SMILES string of the molecule is Cc1c(OCC(F)(F)F)ccnc1CS(=O)C1C=CC=CC1. The number of pyridine rings is 1. The molecular formula is C15H16F3NO2S. The zero-order valence-corrected chi connectivity index (χ0v) is 12.8. The highest BCUT2D eigenvalue weighted by atomic mass is 32.2. The third kappa shape index (κ3) is 4.69. The second kappa shape index (κ2) is 7.09. The number of nitrogens with zero attached hydrogens (tertiary/aromatic N) is 1. The van der Waals surface area contributed by atoms with Gasteiger partial charge >= 0.3 is 6.18 Å². The molecule has 0 saturated heterocycles. The molecule has 2 unspecified atom stereocenters. The van der Waals surface area contributed by atoms with Crippen LogP contribution in [0.15, 0.2) is 36.6 Å². The van der Waals surface area contributed by atoms with Crippen LogP contribution < -0.4 is 4.74 Å². The van der Waals surface area contributed by atoms with Crippen molar-refractivity contribution in [2.45, 2.75) is 30.5 Å². The molecule has 2 atom stereocenters. The summed E-state index contributed by atoms with van der Waals surface area (Å²) in [5, 5.41) is -0.0917. The molecule has 120 valence electrons. The van der Waals surface area contributed by atoms with Crippen LogP contribution in [-0.4, -0.2) is 27.2 Å². The van der Waals surface area contributed by atoms with Gasteiger partial charge in [0.2, 0.25) is 0 Å². The van der Waals surface area contributed by atoms with E-state index >= 15 is 0 Å². The number of alkyl halides is 3. The van der Waals surface area contributed by atoms with Crippen molar-refractivity contribution in [3.05, 3.63) is 47.8 Å². The van der Waals surface area contributed by atoms with Crippen molar-refractivity contribution in [1.82, 2.24) is 4.98 Å². The highest BCUT2D eigenvalue weighted by Gasteiger charge is 2.29. The molecule has 0 aliphatic heterocycles. The van der Waals surface area contributed by atoms with Crippen LogP contribution in [0.2, 0.25) is 0 Å². The molecule has 0 amide bonds. The summed E-state index contributed by atoms with van der Waals surface area (Å²) in [6.45, 7) is 0.276. The van der Waals surface area contributed by atoms with Gasteiger partial charge in [-0.3, -0.25) is 9.19 Å². The number of hydrogen-bond acceptors (Lipinski definition) is 3. The van der Waals surface area contributed by atoms with Crippen molar-refractivity contribution in [2.24, 2.45) is 0 Å². The molecule has 0 aromatic carbocycles. The lowest BCUT2D eigenvalue weighted by Gasteiger charge is -2.15. The summed E-state index contributed by atoms with van der Waals surface area (Å²) in [4.78, 5) is 4.12. The predicted octanol–water partition coefficient (Wildman–Crippen LogP) is 3.46. The lowest BCUT2D eigenvalue weighted by molar-refractivity contribution is -0.153. The molecule has 1 aromatic heterocycles. The van der Waals surface area contributed by atoms with Gasteiger partial charge in [0.25, 0.3) is 0 Å². The fourth-order valence-electron chi connectivity index (χ4n) is 2.02. The third-order valence-electron chi connectivity index (χ3n) is 3.21. The van der Waals surface area contributed by atoms with Crippen LogP contribution in [0.3, 0.4) is 0 Å². The van der Waals surface area contributed by atoms with Crippen LogP contribution in [0.5, 0.6) is 5.75 Å². The van der Waals surface area contributed by atoms with Crippen molar-refractivity contribution in [3.63, 3.8) is 0 Å². The summed E-state index contributed by atoms with van der Waals surface area (Å²) >= 11 is 0. The molecule has 2 rings (SSSR count). The van der Waals surface area contributed by atoms with Gasteiger partial charge in [-0.25, -0.2) is 0 Å². The van der Waals surface area contributed by atoms with E-state index < -0.39 is 23.6 Å². The molecule has 0 fully saturated rings. The first-order chi connectivity index (χ1) is 10.4. The summed E-state index contributed by atoms with van der Waals surface area (Å²) in [7, 11) is -1.18. The van der Waals surface area contributed by atoms with Crippen LogP contribution in [-0.2, 0) is 16.6 Å². The monoisotopic (exact) mass is 331 g/mol. The first kappa shape index (κ1) is 16.7. The lowest BCUT2D eigenvalue weighted by atomic mass is 10.2. The molecule has 3 nitrogen and oxygen atoms in total. The van der Waals surface area contributed by atoms with Gasteiger partial charge < -0.3 is 4.74 Å². The molecule has 0 N–H and O–H groups in total. The Morgan fingerprint density at radius 3 is 2.82 bits per heavy atom. The molecule has 1 heterocycles. The van der Waals surface area contributed by atoms with Gasteiger partial charge in [0.15, 0.2) is 6.61 Å². The maximum absolute atomic E-state index is 12.3. The average molecular weight is 331 g/mol. The van der Waals surface area contributed by atoms with Crippen molar-refractivity contribution in [3.8, 4) is 5.75 Å². The van der Waals surface area contributed by atoms with E-state index in [-0.39, 0.29) is 16.8 Å². The van der Waals surface area contributed by atoms with Crippen molar-refractivity contribution < 1.29 is 22.1 Å². The second-order valence-corrected chi connectivity index (χ2v) is 6.55. The fraction of sp³-hybridized carbons (Fsp3) is 0.400. The second-order valence-electron chi connectivity index (χ2n) is 4.90. The van der Waals surface area contributed by atoms with Crippen LogP contribution >= 0.6 is 0 Å². The molecule has 1 aliphatic carbocycles. The molecule has 1 aliphatic rings. The highest BCUT2D eigenvalue weighted by molar-refractivity contribution is 7.85. The van der Waals surface area contributed by atoms with Crippen molar-refractivity contribution in [1.29, 1.82) is 0 Å². The van der Waals surface area contributed by atoms with Crippen LogP contribution in [0.1, 0.15) is 17.7 Å².